The van der Waals surface area contributed by atoms with E-state index in [1.807, 2.05) is 0 Å². The fourth-order valence-corrected chi connectivity index (χ4v) is 1.72. The summed E-state index contributed by atoms with van der Waals surface area (Å²) in [7, 11) is 0. The average molecular weight is 213 g/mol. The van der Waals surface area contributed by atoms with Crippen LogP contribution in [0.3, 0.4) is 0 Å². The van der Waals surface area contributed by atoms with Gasteiger partial charge in [-0.15, -0.1) is 0 Å². The summed E-state index contributed by atoms with van der Waals surface area (Å²) >= 11 is 0. The summed E-state index contributed by atoms with van der Waals surface area (Å²) in [5, 5.41) is 9.72. The van der Waals surface area contributed by atoms with Crippen molar-refractivity contribution in [1.82, 2.24) is 14.4 Å². The van der Waals surface area contributed by atoms with Gasteiger partial charge in [0.05, 0.1) is 22.8 Å². The van der Waals surface area contributed by atoms with Crippen molar-refractivity contribution in [3.8, 4) is 0 Å². The van der Waals surface area contributed by atoms with Gasteiger partial charge in [-0.3, -0.25) is 4.40 Å². The molecule has 0 amide bonds. The molecule has 0 unspecified atom stereocenters. The SMILES string of the molecule is O=C(O)c1ccc2ncn3cncc3c2c1. The molecule has 0 atom stereocenters. The molecule has 5 nitrogen and oxygen atoms in total. The van der Waals surface area contributed by atoms with Crippen LogP contribution in [-0.2, 0) is 0 Å². The number of benzene rings is 1. The topological polar surface area (TPSA) is 67.5 Å². The number of rotatable bonds is 1. The van der Waals surface area contributed by atoms with Crippen molar-refractivity contribution in [3.63, 3.8) is 0 Å². The molecule has 5 heteroatoms. The van der Waals surface area contributed by atoms with Crippen LogP contribution >= 0.6 is 0 Å². The van der Waals surface area contributed by atoms with E-state index in [2.05, 4.69) is 9.97 Å². The standard InChI is InChI=1S/C11H7N3O2/c15-11(16)7-1-2-9-8(3-7)10-4-12-5-14(10)6-13-9/h1-6H,(H,15,16). The molecule has 3 rings (SSSR count). The second kappa shape index (κ2) is 3.03. The quantitative estimate of drug-likeness (QED) is 0.666. The fraction of sp³-hybridized carbons (Fsp3) is 0. The zero-order valence-electron chi connectivity index (χ0n) is 8.16. The van der Waals surface area contributed by atoms with Gasteiger partial charge in [-0.2, -0.15) is 0 Å². The molecule has 0 aliphatic heterocycles. The van der Waals surface area contributed by atoms with Crippen LogP contribution in [0, 0.1) is 0 Å². The minimum Gasteiger partial charge on any atom is -0.478 e. The molecular formula is C11H7N3O2. The highest BCUT2D eigenvalue weighted by Crippen LogP contribution is 2.19. The molecule has 0 bridgehead atoms. The molecule has 2 aromatic heterocycles. The third kappa shape index (κ3) is 1.15. The molecular weight excluding hydrogens is 206 g/mol. The lowest BCUT2D eigenvalue weighted by Gasteiger charge is -2.01. The van der Waals surface area contributed by atoms with E-state index in [1.165, 1.54) is 0 Å². The van der Waals surface area contributed by atoms with E-state index in [0.717, 1.165) is 16.4 Å². The van der Waals surface area contributed by atoms with Crippen molar-refractivity contribution in [1.29, 1.82) is 0 Å². The van der Waals surface area contributed by atoms with Gasteiger partial charge in [-0.05, 0) is 18.2 Å². The minimum atomic E-state index is -0.941. The van der Waals surface area contributed by atoms with E-state index in [1.54, 1.807) is 41.5 Å². The van der Waals surface area contributed by atoms with E-state index in [9.17, 15) is 4.79 Å². The Labute approximate surface area is 90.0 Å². The van der Waals surface area contributed by atoms with E-state index < -0.39 is 5.97 Å². The van der Waals surface area contributed by atoms with Gasteiger partial charge >= 0.3 is 5.97 Å². The van der Waals surface area contributed by atoms with Crippen molar-refractivity contribution in [3.05, 3.63) is 42.6 Å². The predicted molar refractivity (Wildman–Crippen MR) is 57.5 cm³/mol. The maximum absolute atomic E-state index is 10.9. The maximum Gasteiger partial charge on any atom is 0.335 e. The highest BCUT2D eigenvalue weighted by molar-refractivity contribution is 5.99. The summed E-state index contributed by atoms with van der Waals surface area (Å²) in [5.41, 5.74) is 1.87. The van der Waals surface area contributed by atoms with Crippen LogP contribution in [0.2, 0.25) is 0 Å². The second-order valence-corrected chi connectivity index (χ2v) is 3.47. The Balaban J connectivity index is 2.46. The smallest absolute Gasteiger partial charge is 0.335 e. The van der Waals surface area contributed by atoms with Gasteiger partial charge in [0.25, 0.3) is 0 Å². The molecule has 16 heavy (non-hydrogen) atoms. The lowest BCUT2D eigenvalue weighted by atomic mass is 10.1. The predicted octanol–water partition coefficient (Wildman–Crippen LogP) is 1.58. The van der Waals surface area contributed by atoms with Crippen molar-refractivity contribution >= 4 is 22.4 Å². The van der Waals surface area contributed by atoms with Gasteiger partial charge in [0.1, 0.15) is 12.7 Å². The zero-order chi connectivity index (χ0) is 11.1. The van der Waals surface area contributed by atoms with E-state index in [4.69, 9.17) is 5.11 Å². The molecule has 0 spiro atoms. The summed E-state index contributed by atoms with van der Waals surface area (Å²) in [6.07, 6.45) is 4.98. The third-order valence-electron chi connectivity index (χ3n) is 2.51. The van der Waals surface area contributed by atoms with Crippen LogP contribution in [-0.4, -0.2) is 25.4 Å². The zero-order valence-corrected chi connectivity index (χ0v) is 8.16. The monoisotopic (exact) mass is 213 g/mol. The molecule has 0 aliphatic carbocycles. The van der Waals surface area contributed by atoms with Gasteiger partial charge in [0, 0.05) is 5.39 Å². The Bertz CT molecular complexity index is 703. The number of imidazole rings is 1. The highest BCUT2D eigenvalue weighted by atomic mass is 16.4. The number of fused-ring (bicyclic) bond motifs is 3. The molecule has 2 heterocycles. The normalized spacial score (nSPS) is 11.0. The van der Waals surface area contributed by atoms with E-state index in [0.29, 0.717) is 0 Å². The third-order valence-corrected chi connectivity index (χ3v) is 2.51. The number of hydrogen-bond donors (Lipinski definition) is 1. The van der Waals surface area contributed by atoms with Gasteiger partial charge in [0.15, 0.2) is 0 Å². The Kier molecular flexibility index (Phi) is 1.67. The number of aromatic nitrogens is 3. The summed E-state index contributed by atoms with van der Waals surface area (Å²) in [6, 6.07) is 4.86. The molecule has 1 aromatic carbocycles. The molecule has 0 radical (unpaired) electrons. The summed E-state index contributed by atoms with van der Waals surface area (Å²) in [6.45, 7) is 0. The minimum absolute atomic E-state index is 0.253. The number of carboxylic acids is 1. The molecule has 3 aromatic rings. The molecule has 0 saturated heterocycles. The summed E-state index contributed by atoms with van der Waals surface area (Å²) < 4.78 is 1.76. The number of hydrogen-bond acceptors (Lipinski definition) is 3. The lowest BCUT2D eigenvalue weighted by Crippen LogP contribution is -1.96. The molecule has 0 saturated carbocycles. The highest BCUT2D eigenvalue weighted by Gasteiger charge is 2.07. The molecule has 0 aliphatic rings. The van der Waals surface area contributed by atoms with Gasteiger partial charge < -0.3 is 5.11 Å². The van der Waals surface area contributed by atoms with Crippen LogP contribution in [0.15, 0.2) is 37.1 Å². The first-order valence-electron chi connectivity index (χ1n) is 4.69. The van der Waals surface area contributed by atoms with Crippen LogP contribution in [0.25, 0.3) is 16.4 Å². The first-order chi connectivity index (χ1) is 7.75. The maximum atomic E-state index is 10.9. The van der Waals surface area contributed by atoms with Crippen molar-refractivity contribution in [2.24, 2.45) is 0 Å². The average Bonchev–Trinajstić information content (AvgIpc) is 2.76. The van der Waals surface area contributed by atoms with Crippen molar-refractivity contribution in [2.45, 2.75) is 0 Å². The summed E-state index contributed by atoms with van der Waals surface area (Å²) in [5.74, 6) is -0.941. The lowest BCUT2D eigenvalue weighted by molar-refractivity contribution is 0.0697. The number of carbonyl (C=O) groups is 1. The van der Waals surface area contributed by atoms with Crippen LogP contribution in [0.1, 0.15) is 10.4 Å². The van der Waals surface area contributed by atoms with Gasteiger partial charge in [-0.1, -0.05) is 0 Å². The second-order valence-electron chi connectivity index (χ2n) is 3.47. The number of aromatic carboxylic acids is 1. The van der Waals surface area contributed by atoms with Crippen LogP contribution in [0.4, 0.5) is 0 Å². The fourth-order valence-electron chi connectivity index (χ4n) is 1.72. The number of carboxylic acid groups (broad SMARTS) is 1. The van der Waals surface area contributed by atoms with Crippen LogP contribution in [0.5, 0.6) is 0 Å². The summed E-state index contributed by atoms with van der Waals surface area (Å²) in [4.78, 5) is 19.1. The first kappa shape index (κ1) is 8.84. The Morgan fingerprint density at radius 2 is 2.19 bits per heavy atom. The first-order valence-corrected chi connectivity index (χ1v) is 4.69. The molecule has 78 valence electrons. The largest absolute Gasteiger partial charge is 0.478 e. The van der Waals surface area contributed by atoms with Gasteiger partial charge in [-0.25, -0.2) is 14.8 Å². The molecule has 0 fully saturated rings. The van der Waals surface area contributed by atoms with Crippen LogP contribution < -0.4 is 0 Å². The Morgan fingerprint density at radius 3 is 3.00 bits per heavy atom. The van der Waals surface area contributed by atoms with Gasteiger partial charge in [0.2, 0.25) is 0 Å². The molecule has 1 N–H and O–H groups in total. The van der Waals surface area contributed by atoms with E-state index >= 15 is 0 Å². The van der Waals surface area contributed by atoms with E-state index in [-0.39, 0.29) is 5.56 Å². The Hall–Kier alpha value is -2.43. The van der Waals surface area contributed by atoms with Crippen molar-refractivity contribution < 1.29 is 9.90 Å². The number of nitrogens with zero attached hydrogens (tertiary/aromatic N) is 3. The Morgan fingerprint density at radius 1 is 1.31 bits per heavy atom. The van der Waals surface area contributed by atoms with Crippen molar-refractivity contribution in [2.75, 3.05) is 0 Å².